The van der Waals surface area contributed by atoms with Crippen LogP contribution in [0.3, 0.4) is 0 Å². The summed E-state index contributed by atoms with van der Waals surface area (Å²) < 4.78 is 13.9. The molecule has 2 aromatic rings. The Morgan fingerprint density at radius 3 is 2.33 bits per heavy atom. The number of nitrogens with zero attached hydrogens (tertiary/aromatic N) is 3. The van der Waals surface area contributed by atoms with Crippen molar-refractivity contribution in [2.75, 3.05) is 36.4 Å². The first-order valence-electron chi connectivity index (χ1n) is 8.74. The molecule has 2 aromatic carbocycles. The van der Waals surface area contributed by atoms with Gasteiger partial charge in [0.1, 0.15) is 5.82 Å². The Morgan fingerprint density at radius 2 is 1.74 bits per heavy atom. The van der Waals surface area contributed by atoms with Gasteiger partial charge in [-0.05, 0) is 31.2 Å². The second-order valence-corrected chi connectivity index (χ2v) is 6.44. The highest BCUT2D eigenvalue weighted by Crippen LogP contribution is 2.21. The number of nitro benzene ring substituents is 1. The number of piperazine rings is 1. The molecule has 3 rings (SSSR count). The van der Waals surface area contributed by atoms with Gasteiger partial charge < -0.3 is 10.2 Å². The van der Waals surface area contributed by atoms with Crippen molar-refractivity contribution in [3.63, 3.8) is 0 Å². The standard InChI is InChI=1S/C19H21FN4O3/c1-14(19(25)21-15-6-8-16(9-7-15)24(26)27)22-10-12-23(13-11-22)18-5-3-2-4-17(18)20/h2-9,14H,10-13H2,1H3,(H,21,25). The van der Waals surface area contributed by atoms with Crippen molar-refractivity contribution in [2.45, 2.75) is 13.0 Å². The molecule has 0 spiro atoms. The van der Waals surface area contributed by atoms with E-state index in [4.69, 9.17) is 0 Å². The number of para-hydroxylation sites is 1. The van der Waals surface area contributed by atoms with E-state index in [2.05, 4.69) is 5.32 Å². The summed E-state index contributed by atoms with van der Waals surface area (Å²) in [6.07, 6.45) is 0. The van der Waals surface area contributed by atoms with Gasteiger partial charge in [-0.1, -0.05) is 12.1 Å². The van der Waals surface area contributed by atoms with Gasteiger partial charge in [-0.15, -0.1) is 0 Å². The summed E-state index contributed by atoms with van der Waals surface area (Å²) in [6.45, 7) is 4.37. The minimum Gasteiger partial charge on any atom is -0.367 e. The van der Waals surface area contributed by atoms with Crippen molar-refractivity contribution in [3.05, 3.63) is 64.5 Å². The summed E-state index contributed by atoms with van der Waals surface area (Å²) in [7, 11) is 0. The fraction of sp³-hybridized carbons (Fsp3) is 0.316. The third-order valence-electron chi connectivity index (χ3n) is 4.78. The molecule has 1 fully saturated rings. The monoisotopic (exact) mass is 372 g/mol. The molecular weight excluding hydrogens is 351 g/mol. The van der Waals surface area contributed by atoms with Gasteiger partial charge in [0.2, 0.25) is 5.91 Å². The molecule has 1 saturated heterocycles. The number of nitrogens with one attached hydrogen (secondary N) is 1. The lowest BCUT2D eigenvalue weighted by Gasteiger charge is -2.38. The summed E-state index contributed by atoms with van der Waals surface area (Å²) in [4.78, 5) is 26.7. The largest absolute Gasteiger partial charge is 0.367 e. The third-order valence-corrected chi connectivity index (χ3v) is 4.78. The van der Waals surface area contributed by atoms with Crippen LogP contribution in [0.4, 0.5) is 21.5 Å². The minimum atomic E-state index is -0.483. The van der Waals surface area contributed by atoms with Gasteiger partial charge in [-0.25, -0.2) is 4.39 Å². The highest BCUT2D eigenvalue weighted by molar-refractivity contribution is 5.94. The maximum absolute atomic E-state index is 13.9. The average Bonchev–Trinajstić information content (AvgIpc) is 2.68. The Bertz CT molecular complexity index is 820. The Hall–Kier alpha value is -3.00. The van der Waals surface area contributed by atoms with E-state index in [-0.39, 0.29) is 23.5 Å². The molecule has 1 aliphatic rings. The van der Waals surface area contributed by atoms with Gasteiger partial charge in [0.05, 0.1) is 16.7 Å². The number of hydrogen-bond acceptors (Lipinski definition) is 5. The smallest absolute Gasteiger partial charge is 0.269 e. The van der Waals surface area contributed by atoms with Crippen molar-refractivity contribution in [3.8, 4) is 0 Å². The molecule has 27 heavy (non-hydrogen) atoms. The van der Waals surface area contributed by atoms with E-state index in [9.17, 15) is 19.3 Å². The normalized spacial score (nSPS) is 16.0. The number of benzene rings is 2. The first-order chi connectivity index (χ1) is 13.0. The second-order valence-electron chi connectivity index (χ2n) is 6.44. The molecule has 1 atom stereocenters. The molecule has 0 aromatic heterocycles. The van der Waals surface area contributed by atoms with Crippen LogP contribution in [0.1, 0.15) is 6.92 Å². The van der Waals surface area contributed by atoms with Crippen LogP contribution in [-0.4, -0.2) is 48.0 Å². The highest BCUT2D eigenvalue weighted by Gasteiger charge is 2.26. The van der Waals surface area contributed by atoms with Crippen molar-refractivity contribution in [1.82, 2.24) is 4.90 Å². The topological polar surface area (TPSA) is 78.7 Å². The van der Waals surface area contributed by atoms with Crippen LogP contribution in [-0.2, 0) is 4.79 Å². The molecule has 1 unspecified atom stereocenters. The second kappa shape index (κ2) is 8.13. The summed E-state index contributed by atoms with van der Waals surface area (Å²) in [6, 6.07) is 12.1. The van der Waals surface area contributed by atoms with Crippen molar-refractivity contribution in [1.29, 1.82) is 0 Å². The molecule has 0 radical (unpaired) electrons. The van der Waals surface area contributed by atoms with Crippen LogP contribution in [0, 0.1) is 15.9 Å². The fourth-order valence-electron chi connectivity index (χ4n) is 3.14. The van der Waals surface area contributed by atoms with E-state index in [1.807, 2.05) is 22.8 Å². The van der Waals surface area contributed by atoms with Crippen LogP contribution in [0.5, 0.6) is 0 Å². The molecule has 1 aliphatic heterocycles. The Morgan fingerprint density at radius 1 is 1.11 bits per heavy atom. The lowest BCUT2D eigenvalue weighted by atomic mass is 10.2. The highest BCUT2D eigenvalue weighted by atomic mass is 19.1. The summed E-state index contributed by atoms with van der Waals surface area (Å²) in [5.74, 6) is -0.418. The van der Waals surface area contributed by atoms with E-state index in [0.717, 1.165) is 0 Å². The lowest BCUT2D eigenvalue weighted by Crippen LogP contribution is -2.53. The minimum absolute atomic E-state index is 0.0229. The molecule has 8 heteroatoms. The van der Waals surface area contributed by atoms with Gasteiger partial charge in [0, 0.05) is 44.0 Å². The van der Waals surface area contributed by atoms with Gasteiger partial charge >= 0.3 is 0 Å². The van der Waals surface area contributed by atoms with E-state index >= 15 is 0 Å². The molecule has 7 nitrogen and oxygen atoms in total. The van der Waals surface area contributed by atoms with Gasteiger partial charge in [-0.2, -0.15) is 0 Å². The van der Waals surface area contributed by atoms with Crippen molar-refractivity contribution < 1.29 is 14.1 Å². The Balaban J connectivity index is 1.55. The molecule has 0 aliphatic carbocycles. The van der Waals surface area contributed by atoms with E-state index in [0.29, 0.717) is 37.6 Å². The maximum atomic E-state index is 13.9. The van der Waals surface area contributed by atoms with Gasteiger partial charge in [0.25, 0.3) is 5.69 Å². The molecule has 0 bridgehead atoms. The molecule has 1 amide bonds. The van der Waals surface area contributed by atoms with Crippen LogP contribution in [0.2, 0.25) is 0 Å². The Kier molecular flexibility index (Phi) is 5.66. The van der Waals surface area contributed by atoms with Crippen LogP contribution < -0.4 is 10.2 Å². The number of halogens is 1. The van der Waals surface area contributed by atoms with Gasteiger partial charge in [-0.3, -0.25) is 19.8 Å². The number of non-ortho nitro benzene ring substituents is 1. The molecule has 1 heterocycles. The van der Waals surface area contributed by atoms with Crippen LogP contribution in [0.25, 0.3) is 0 Å². The number of carbonyl (C=O) groups excluding carboxylic acids is 1. The van der Waals surface area contributed by atoms with Crippen molar-refractivity contribution in [2.24, 2.45) is 0 Å². The summed E-state index contributed by atoms with van der Waals surface area (Å²) in [5, 5.41) is 13.5. The number of nitro groups is 1. The number of carbonyl (C=O) groups is 1. The van der Waals surface area contributed by atoms with Crippen molar-refractivity contribution >= 4 is 23.0 Å². The first-order valence-corrected chi connectivity index (χ1v) is 8.74. The van der Waals surface area contributed by atoms with Crippen LogP contribution in [0.15, 0.2) is 48.5 Å². The molecule has 1 N–H and O–H groups in total. The maximum Gasteiger partial charge on any atom is 0.269 e. The predicted molar refractivity (Wildman–Crippen MR) is 101 cm³/mol. The first kappa shape index (κ1) is 18.8. The molecular formula is C19H21FN4O3. The van der Waals surface area contributed by atoms with E-state index in [1.165, 1.54) is 30.3 Å². The zero-order valence-corrected chi connectivity index (χ0v) is 15.0. The summed E-state index contributed by atoms with van der Waals surface area (Å²) in [5.41, 5.74) is 1.08. The number of amides is 1. The fourth-order valence-corrected chi connectivity index (χ4v) is 3.14. The SMILES string of the molecule is CC(C(=O)Nc1ccc([N+](=O)[O-])cc1)N1CCN(c2ccccc2F)CC1. The van der Waals surface area contributed by atoms with E-state index < -0.39 is 4.92 Å². The quantitative estimate of drug-likeness (QED) is 0.645. The van der Waals surface area contributed by atoms with Gasteiger partial charge in [0.15, 0.2) is 0 Å². The van der Waals surface area contributed by atoms with E-state index in [1.54, 1.807) is 12.1 Å². The predicted octanol–water partition coefficient (Wildman–Crippen LogP) is 2.88. The zero-order valence-electron chi connectivity index (χ0n) is 15.0. The third kappa shape index (κ3) is 4.40. The summed E-state index contributed by atoms with van der Waals surface area (Å²) >= 11 is 0. The number of hydrogen-bond donors (Lipinski definition) is 1. The molecule has 142 valence electrons. The Labute approximate surface area is 156 Å². The molecule has 0 saturated carbocycles. The number of rotatable bonds is 5. The number of anilines is 2. The lowest BCUT2D eigenvalue weighted by molar-refractivity contribution is -0.384. The van der Waals surface area contributed by atoms with Crippen LogP contribution >= 0.6 is 0 Å². The zero-order chi connectivity index (χ0) is 19.4. The average molecular weight is 372 g/mol.